The molecule has 1 amide bonds. The van der Waals surface area contributed by atoms with E-state index < -0.39 is 0 Å². The van der Waals surface area contributed by atoms with E-state index in [4.69, 9.17) is 4.74 Å². The predicted molar refractivity (Wildman–Crippen MR) is 122 cm³/mol. The third-order valence-corrected chi connectivity index (χ3v) is 5.62. The Balaban J connectivity index is 1.66. The Hall–Kier alpha value is -2.56. The van der Waals surface area contributed by atoms with Crippen molar-refractivity contribution in [2.45, 2.75) is 40.0 Å². The summed E-state index contributed by atoms with van der Waals surface area (Å²) in [6.07, 6.45) is 6.04. The average Bonchev–Trinajstić information content (AvgIpc) is 2.96. The summed E-state index contributed by atoms with van der Waals surface area (Å²) in [6.45, 7) is 10.7. The number of aromatic nitrogens is 1. The molecule has 1 fully saturated rings. The lowest BCUT2D eigenvalue weighted by Crippen LogP contribution is -2.36. The average molecular weight is 410 g/mol. The molecule has 1 aromatic heterocycles. The standard InChI is InChI=1S/C25H35N3O2/c1-4-30-24-10-8-23(9-11-24)27-14-15-28(19-22(18-27)16-20(2)3)25(29)12-7-21-6-5-13-26-17-21/h5-6,8-11,13,17,20,22H,4,7,12,14-16,18-19H2,1-3H3/t22-/m0/s1. The van der Waals surface area contributed by atoms with Crippen molar-refractivity contribution in [3.05, 3.63) is 54.4 Å². The van der Waals surface area contributed by atoms with Gasteiger partial charge in [0.15, 0.2) is 0 Å². The van der Waals surface area contributed by atoms with Crippen molar-refractivity contribution in [2.75, 3.05) is 37.7 Å². The largest absolute Gasteiger partial charge is 0.494 e. The Morgan fingerprint density at radius 3 is 2.63 bits per heavy atom. The summed E-state index contributed by atoms with van der Waals surface area (Å²) in [5.41, 5.74) is 2.33. The molecule has 0 bridgehead atoms. The SMILES string of the molecule is CCOc1ccc(N2CCN(C(=O)CCc3cccnc3)C[C@@H](CC(C)C)C2)cc1. The number of hydrogen-bond acceptors (Lipinski definition) is 4. The number of aryl methyl sites for hydroxylation is 1. The molecule has 0 radical (unpaired) electrons. The fraction of sp³-hybridized carbons (Fsp3) is 0.520. The van der Waals surface area contributed by atoms with Crippen LogP contribution in [0, 0.1) is 11.8 Å². The molecule has 0 N–H and O–H groups in total. The van der Waals surface area contributed by atoms with Crippen molar-refractivity contribution in [3.63, 3.8) is 0 Å². The second kappa shape index (κ2) is 11.0. The summed E-state index contributed by atoms with van der Waals surface area (Å²) in [5.74, 6) is 2.24. The number of amides is 1. The van der Waals surface area contributed by atoms with Gasteiger partial charge in [-0.3, -0.25) is 9.78 Å². The third-order valence-electron chi connectivity index (χ3n) is 5.62. The van der Waals surface area contributed by atoms with E-state index >= 15 is 0 Å². The minimum atomic E-state index is 0.251. The number of nitrogens with zero attached hydrogens (tertiary/aromatic N) is 3. The third kappa shape index (κ3) is 6.48. The number of benzene rings is 1. The minimum absolute atomic E-state index is 0.251. The van der Waals surface area contributed by atoms with Crippen molar-refractivity contribution in [1.82, 2.24) is 9.88 Å². The minimum Gasteiger partial charge on any atom is -0.494 e. The Morgan fingerprint density at radius 1 is 1.17 bits per heavy atom. The number of anilines is 1. The molecule has 162 valence electrons. The Bertz CT molecular complexity index is 777. The lowest BCUT2D eigenvalue weighted by molar-refractivity contribution is -0.131. The van der Waals surface area contributed by atoms with E-state index in [0.29, 0.717) is 24.9 Å². The van der Waals surface area contributed by atoms with Gasteiger partial charge < -0.3 is 14.5 Å². The van der Waals surface area contributed by atoms with Crippen LogP contribution < -0.4 is 9.64 Å². The summed E-state index contributed by atoms with van der Waals surface area (Å²) in [7, 11) is 0. The molecule has 1 aliphatic rings. The van der Waals surface area contributed by atoms with Crippen LogP contribution in [0.5, 0.6) is 5.75 Å². The maximum atomic E-state index is 13.0. The smallest absolute Gasteiger partial charge is 0.222 e. The molecule has 0 unspecified atom stereocenters. The normalized spacial score (nSPS) is 17.1. The summed E-state index contributed by atoms with van der Waals surface area (Å²) < 4.78 is 5.58. The Morgan fingerprint density at radius 2 is 1.97 bits per heavy atom. The van der Waals surface area contributed by atoms with Gasteiger partial charge in [-0.15, -0.1) is 0 Å². The maximum Gasteiger partial charge on any atom is 0.222 e. The number of pyridine rings is 1. The second-order valence-corrected chi connectivity index (χ2v) is 8.57. The van der Waals surface area contributed by atoms with Crippen molar-refractivity contribution < 1.29 is 9.53 Å². The van der Waals surface area contributed by atoms with Crippen LogP contribution in [0.15, 0.2) is 48.8 Å². The van der Waals surface area contributed by atoms with Gasteiger partial charge in [-0.1, -0.05) is 19.9 Å². The van der Waals surface area contributed by atoms with Gasteiger partial charge in [-0.05, 0) is 67.5 Å². The van der Waals surface area contributed by atoms with Gasteiger partial charge in [-0.25, -0.2) is 0 Å². The van der Waals surface area contributed by atoms with Crippen LogP contribution in [0.4, 0.5) is 5.69 Å². The van der Waals surface area contributed by atoms with Gasteiger partial charge in [0.25, 0.3) is 0 Å². The summed E-state index contributed by atoms with van der Waals surface area (Å²) >= 11 is 0. The lowest BCUT2D eigenvalue weighted by Gasteiger charge is -2.27. The van der Waals surface area contributed by atoms with E-state index in [1.807, 2.05) is 37.4 Å². The molecule has 1 aliphatic heterocycles. The van der Waals surface area contributed by atoms with Gasteiger partial charge in [0.2, 0.25) is 5.91 Å². The highest BCUT2D eigenvalue weighted by atomic mass is 16.5. The molecular formula is C25H35N3O2. The van der Waals surface area contributed by atoms with E-state index in [1.165, 1.54) is 5.69 Å². The van der Waals surface area contributed by atoms with E-state index in [0.717, 1.165) is 50.3 Å². The molecule has 2 heterocycles. The van der Waals surface area contributed by atoms with Crippen LogP contribution in [-0.4, -0.2) is 48.6 Å². The molecule has 1 atom stereocenters. The monoisotopic (exact) mass is 409 g/mol. The predicted octanol–water partition coefficient (Wildman–Crippen LogP) is 4.42. The molecular weight excluding hydrogens is 374 g/mol. The molecule has 3 rings (SSSR count). The first-order valence-electron chi connectivity index (χ1n) is 11.2. The van der Waals surface area contributed by atoms with Gasteiger partial charge in [0, 0.05) is 50.7 Å². The van der Waals surface area contributed by atoms with Crippen molar-refractivity contribution in [1.29, 1.82) is 0 Å². The zero-order valence-electron chi connectivity index (χ0n) is 18.6. The maximum absolute atomic E-state index is 13.0. The molecule has 0 spiro atoms. The summed E-state index contributed by atoms with van der Waals surface area (Å²) in [4.78, 5) is 21.7. The first-order chi connectivity index (χ1) is 14.5. The number of rotatable bonds is 8. The van der Waals surface area contributed by atoms with E-state index in [1.54, 1.807) is 6.20 Å². The zero-order valence-corrected chi connectivity index (χ0v) is 18.6. The highest BCUT2D eigenvalue weighted by Gasteiger charge is 2.26. The van der Waals surface area contributed by atoms with Crippen molar-refractivity contribution >= 4 is 11.6 Å². The first kappa shape index (κ1) is 22.1. The van der Waals surface area contributed by atoms with Crippen LogP contribution in [0.2, 0.25) is 0 Å². The van der Waals surface area contributed by atoms with Crippen LogP contribution in [-0.2, 0) is 11.2 Å². The lowest BCUT2D eigenvalue weighted by atomic mass is 9.96. The summed E-state index contributed by atoms with van der Waals surface area (Å²) in [5, 5.41) is 0. The van der Waals surface area contributed by atoms with Crippen LogP contribution in [0.1, 0.15) is 39.2 Å². The number of hydrogen-bond donors (Lipinski definition) is 0. The highest BCUT2D eigenvalue weighted by Crippen LogP contribution is 2.25. The molecule has 5 heteroatoms. The van der Waals surface area contributed by atoms with E-state index in [-0.39, 0.29) is 5.91 Å². The number of ether oxygens (including phenoxy) is 1. The number of carbonyl (C=O) groups is 1. The second-order valence-electron chi connectivity index (χ2n) is 8.57. The van der Waals surface area contributed by atoms with Gasteiger partial charge in [0.05, 0.1) is 6.61 Å². The van der Waals surface area contributed by atoms with Crippen LogP contribution in [0.25, 0.3) is 0 Å². The van der Waals surface area contributed by atoms with Crippen LogP contribution in [0.3, 0.4) is 0 Å². The topological polar surface area (TPSA) is 45.7 Å². The Labute approximate surface area is 181 Å². The molecule has 30 heavy (non-hydrogen) atoms. The molecule has 0 aliphatic carbocycles. The molecule has 1 aromatic carbocycles. The van der Waals surface area contributed by atoms with Crippen molar-refractivity contribution in [3.8, 4) is 5.75 Å². The fourth-order valence-electron chi connectivity index (χ4n) is 4.26. The first-order valence-corrected chi connectivity index (χ1v) is 11.2. The molecule has 2 aromatic rings. The van der Waals surface area contributed by atoms with E-state index in [9.17, 15) is 4.79 Å². The molecule has 5 nitrogen and oxygen atoms in total. The molecule has 1 saturated heterocycles. The number of carbonyl (C=O) groups excluding carboxylic acids is 1. The Kier molecular flexibility index (Phi) is 8.12. The summed E-state index contributed by atoms with van der Waals surface area (Å²) in [6, 6.07) is 12.3. The van der Waals surface area contributed by atoms with Gasteiger partial charge in [-0.2, -0.15) is 0 Å². The van der Waals surface area contributed by atoms with Gasteiger partial charge in [0.1, 0.15) is 5.75 Å². The zero-order chi connectivity index (χ0) is 21.3. The molecule has 0 saturated carbocycles. The van der Waals surface area contributed by atoms with Crippen LogP contribution >= 0.6 is 0 Å². The highest BCUT2D eigenvalue weighted by molar-refractivity contribution is 5.76. The quantitative estimate of drug-likeness (QED) is 0.647. The van der Waals surface area contributed by atoms with Crippen molar-refractivity contribution in [2.24, 2.45) is 11.8 Å². The van der Waals surface area contributed by atoms with Gasteiger partial charge >= 0.3 is 0 Å². The fourth-order valence-corrected chi connectivity index (χ4v) is 4.26. The van der Waals surface area contributed by atoms with E-state index in [2.05, 4.69) is 40.8 Å².